The Kier molecular flexibility index (Phi) is 6.87. The van der Waals surface area contributed by atoms with Crippen LogP contribution in [0.4, 0.5) is 0 Å². The molecule has 0 spiro atoms. The lowest BCUT2D eigenvalue weighted by molar-refractivity contribution is -0.142. The Morgan fingerprint density at radius 1 is 1.06 bits per heavy atom. The summed E-state index contributed by atoms with van der Waals surface area (Å²) in [5.41, 5.74) is 3.54. The average molecular weight is 442 g/mol. The number of amides is 2. The molecule has 1 saturated heterocycles. The van der Waals surface area contributed by atoms with E-state index in [2.05, 4.69) is 22.4 Å². The minimum Gasteiger partial charge on any atom is -0.359 e. The molecule has 4 rings (SSSR count). The van der Waals surface area contributed by atoms with Gasteiger partial charge in [0.2, 0.25) is 11.8 Å². The minimum absolute atomic E-state index is 0.00615. The van der Waals surface area contributed by atoms with E-state index in [1.54, 1.807) is 13.2 Å². The molecule has 0 unspecified atom stereocenters. The summed E-state index contributed by atoms with van der Waals surface area (Å²) in [6.07, 6.45) is 5.73. The van der Waals surface area contributed by atoms with Crippen molar-refractivity contribution in [3.8, 4) is 11.1 Å². The Bertz CT molecular complexity index is 1100. The number of piperidine rings is 1. The minimum atomic E-state index is -0.669. The molecule has 2 amide bonds. The summed E-state index contributed by atoms with van der Waals surface area (Å²) in [7, 11) is 1.68. The van der Waals surface area contributed by atoms with Crippen LogP contribution in [0.5, 0.6) is 0 Å². The van der Waals surface area contributed by atoms with Crippen LogP contribution in [0.1, 0.15) is 36.8 Å². The predicted octanol–water partition coefficient (Wildman–Crippen LogP) is 4.45. The number of nitrogens with one attached hydrogen (secondary N) is 1. The topological polar surface area (TPSA) is 62.3 Å². The second-order valence-corrected chi connectivity index (χ2v) is 8.93. The van der Waals surface area contributed by atoms with Crippen LogP contribution in [-0.4, -0.2) is 41.8 Å². The smallest absolute Gasteiger partial charge is 0.229 e. The van der Waals surface area contributed by atoms with Crippen LogP contribution in [0.3, 0.4) is 0 Å². The Morgan fingerprint density at radius 2 is 1.82 bits per heavy atom. The van der Waals surface area contributed by atoms with Crippen molar-refractivity contribution in [2.45, 2.75) is 32.1 Å². The molecule has 1 N–H and O–H groups in total. The highest BCUT2D eigenvalue weighted by molar-refractivity contribution is 5.87. The van der Waals surface area contributed by atoms with Crippen molar-refractivity contribution in [3.63, 3.8) is 0 Å². The van der Waals surface area contributed by atoms with Gasteiger partial charge in [0.1, 0.15) is 0 Å². The number of pyridine rings is 1. The highest BCUT2D eigenvalue weighted by Crippen LogP contribution is 2.38. The third kappa shape index (κ3) is 4.82. The highest BCUT2D eigenvalue weighted by atomic mass is 16.2. The maximum atomic E-state index is 13.4. The quantitative estimate of drug-likeness (QED) is 0.615. The first-order valence-electron chi connectivity index (χ1n) is 11.6. The number of benzene rings is 2. The van der Waals surface area contributed by atoms with Gasteiger partial charge in [-0.05, 0) is 48.9 Å². The maximum Gasteiger partial charge on any atom is 0.229 e. The second-order valence-electron chi connectivity index (χ2n) is 8.93. The molecule has 33 heavy (non-hydrogen) atoms. The van der Waals surface area contributed by atoms with Crippen molar-refractivity contribution in [3.05, 3.63) is 90.3 Å². The highest BCUT2D eigenvalue weighted by Gasteiger charge is 2.44. The molecule has 5 heteroatoms. The number of hydrogen-bond donors (Lipinski definition) is 1. The van der Waals surface area contributed by atoms with Crippen molar-refractivity contribution in [2.75, 3.05) is 20.1 Å². The average Bonchev–Trinajstić information content (AvgIpc) is 2.88. The van der Waals surface area contributed by atoms with Crippen molar-refractivity contribution < 1.29 is 9.59 Å². The van der Waals surface area contributed by atoms with Gasteiger partial charge in [-0.25, -0.2) is 0 Å². The molecule has 1 aliphatic rings. The third-order valence-electron chi connectivity index (χ3n) is 6.79. The van der Waals surface area contributed by atoms with E-state index in [-0.39, 0.29) is 17.7 Å². The first-order valence-corrected chi connectivity index (χ1v) is 11.6. The van der Waals surface area contributed by atoms with Crippen molar-refractivity contribution in [1.29, 1.82) is 0 Å². The number of likely N-dealkylation sites (tertiary alicyclic amines) is 1. The van der Waals surface area contributed by atoms with Crippen LogP contribution in [-0.2, 0) is 16.0 Å². The fourth-order valence-corrected chi connectivity index (χ4v) is 5.00. The normalized spacial score (nSPS) is 19.0. The van der Waals surface area contributed by atoms with Gasteiger partial charge in [-0.15, -0.1) is 0 Å². The summed E-state index contributed by atoms with van der Waals surface area (Å²) in [6, 6.07) is 22.0. The van der Waals surface area contributed by atoms with E-state index >= 15 is 0 Å². The van der Waals surface area contributed by atoms with Gasteiger partial charge in [-0.1, -0.05) is 60.7 Å². The first kappa shape index (κ1) is 22.7. The molecular weight excluding hydrogens is 410 g/mol. The standard InChI is InChI=1S/C28H31N3O2/c1-21(22-10-4-3-5-11-22)26(32)31-17-9-15-28(20-31,27(33)29-2)18-23-12-6-7-14-25(23)24-13-8-16-30-19-24/h3-8,10-14,16,19,21H,9,15,17-18,20H2,1-2H3,(H,29,33)/t21-,28-/m0/s1. The molecule has 0 saturated carbocycles. The molecule has 170 valence electrons. The molecule has 5 nitrogen and oxygen atoms in total. The molecule has 1 aromatic heterocycles. The van der Waals surface area contributed by atoms with Crippen molar-refractivity contribution >= 4 is 11.8 Å². The number of aromatic nitrogens is 1. The van der Waals surface area contributed by atoms with Crippen LogP contribution in [0.15, 0.2) is 79.1 Å². The van der Waals surface area contributed by atoms with Crippen LogP contribution in [0.25, 0.3) is 11.1 Å². The second kappa shape index (κ2) is 9.99. The number of carbonyl (C=O) groups is 2. The van der Waals surface area contributed by atoms with E-state index in [1.807, 2.05) is 72.6 Å². The van der Waals surface area contributed by atoms with Crippen molar-refractivity contribution in [2.24, 2.45) is 5.41 Å². The van der Waals surface area contributed by atoms with E-state index in [9.17, 15) is 9.59 Å². The molecule has 0 radical (unpaired) electrons. The molecule has 2 heterocycles. The lowest BCUT2D eigenvalue weighted by atomic mass is 9.73. The van der Waals surface area contributed by atoms with Gasteiger partial charge >= 0.3 is 0 Å². The number of hydrogen-bond acceptors (Lipinski definition) is 3. The van der Waals surface area contributed by atoms with Gasteiger partial charge in [-0.3, -0.25) is 14.6 Å². The summed E-state index contributed by atoms with van der Waals surface area (Å²) in [5, 5.41) is 2.89. The van der Waals surface area contributed by atoms with Crippen LogP contribution in [0, 0.1) is 5.41 Å². The molecule has 1 fully saturated rings. The summed E-state index contributed by atoms with van der Waals surface area (Å²) in [6.45, 7) is 3.05. The largest absolute Gasteiger partial charge is 0.359 e. The van der Waals surface area contributed by atoms with Gasteiger partial charge in [-0.2, -0.15) is 0 Å². The molecule has 3 aromatic rings. The molecule has 2 aromatic carbocycles. The van der Waals surface area contributed by atoms with Gasteiger partial charge in [0, 0.05) is 38.1 Å². The lowest BCUT2D eigenvalue weighted by Crippen LogP contribution is -2.54. The molecule has 2 atom stereocenters. The van der Waals surface area contributed by atoms with Gasteiger partial charge in [0.05, 0.1) is 11.3 Å². The molecule has 0 aliphatic carbocycles. The van der Waals surface area contributed by atoms with Gasteiger partial charge in [0.15, 0.2) is 0 Å². The lowest BCUT2D eigenvalue weighted by Gasteiger charge is -2.42. The Morgan fingerprint density at radius 3 is 2.55 bits per heavy atom. The summed E-state index contributed by atoms with van der Waals surface area (Å²) >= 11 is 0. The van der Waals surface area contributed by atoms with Crippen LogP contribution in [0.2, 0.25) is 0 Å². The van der Waals surface area contributed by atoms with E-state index in [0.29, 0.717) is 19.5 Å². The third-order valence-corrected chi connectivity index (χ3v) is 6.79. The van der Waals surface area contributed by atoms with Crippen LogP contribution >= 0.6 is 0 Å². The van der Waals surface area contributed by atoms with Crippen LogP contribution < -0.4 is 5.32 Å². The number of rotatable bonds is 6. The maximum absolute atomic E-state index is 13.4. The molecule has 1 aliphatic heterocycles. The van der Waals surface area contributed by atoms with E-state index in [4.69, 9.17) is 0 Å². The molecular formula is C28H31N3O2. The summed E-state index contributed by atoms with van der Waals surface area (Å²) < 4.78 is 0. The Labute approximate surface area is 195 Å². The Balaban J connectivity index is 1.64. The van der Waals surface area contributed by atoms with Gasteiger partial charge < -0.3 is 10.2 Å². The SMILES string of the molecule is CNC(=O)[C@]1(Cc2ccccc2-c2cccnc2)CCCN(C(=O)[C@@H](C)c2ccccc2)C1. The van der Waals surface area contributed by atoms with E-state index in [0.717, 1.165) is 35.1 Å². The fraction of sp³-hybridized carbons (Fsp3) is 0.321. The monoisotopic (exact) mass is 441 g/mol. The fourth-order valence-electron chi connectivity index (χ4n) is 5.00. The zero-order valence-corrected chi connectivity index (χ0v) is 19.3. The molecule has 0 bridgehead atoms. The predicted molar refractivity (Wildman–Crippen MR) is 131 cm³/mol. The van der Waals surface area contributed by atoms with E-state index < -0.39 is 5.41 Å². The zero-order chi connectivity index (χ0) is 23.3. The zero-order valence-electron chi connectivity index (χ0n) is 19.3. The van der Waals surface area contributed by atoms with E-state index in [1.165, 1.54) is 0 Å². The van der Waals surface area contributed by atoms with Crippen molar-refractivity contribution in [1.82, 2.24) is 15.2 Å². The first-order chi connectivity index (χ1) is 16.0. The Hall–Kier alpha value is -3.47. The van der Waals surface area contributed by atoms with Gasteiger partial charge in [0.25, 0.3) is 0 Å². The summed E-state index contributed by atoms with van der Waals surface area (Å²) in [4.78, 5) is 32.9. The number of carbonyl (C=O) groups excluding carboxylic acids is 2. The summed E-state index contributed by atoms with van der Waals surface area (Å²) in [5.74, 6) is -0.169. The number of nitrogens with zero attached hydrogens (tertiary/aromatic N) is 2.